The second kappa shape index (κ2) is 9.72. The Labute approximate surface area is 150 Å². The summed E-state index contributed by atoms with van der Waals surface area (Å²) in [6.07, 6.45) is 1.15. The summed E-state index contributed by atoms with van der Waals surface area (Å²) in [5.41, 5.74) is 3.53. The van der Waals surface area contributed by atoms with Gasteiger partial charge in [-0.05, 0) is 51.0 Å². The summed E-state index contributed by atoms with van der Waals surface area (Å²) in [4.78, 5) is 11.8. The number of benzene rings is 2. The van der Waals surface area contributed by atoms with Crippen LogP contribution in [0.2, 0.25) is 0 Å². The van der Waals surface area contributed by atoms with Crippen molar-refractivity contribution in [2.24, 2.45) is 0 Å². The summed E-state index contributed by atoms with van der Waals surface area (Å²) in [5, 5.41) is 2.87. The van der Waals surface area contributed by atoms with Crippen molar-refractivity contribution in [2.75, 3.05) is 19.8 Å². The molecule has 0 unspecified atom stereocenters. The van der Waals surface area contributed by atoms with Gasteiger partial charge < -0.3 is 14.8 Å². The lowest BCUT2D eigenvalue weighted by Gasteiger charge is -2.11. The van der Waals surface area contributed by atoms with Gasteiger partial charge in [-0.25, -0.2) is 0 Å². The summed E-state index contributed by atoms with van der Waals surface area (Å²) in [7, 11) is 0. The molecule has 0 fully saturated rings. The van der Waals surface area contributed by atoms with E-state index >= 15 is 0 Å². The molecule has 4 nitrogen and oxygen atoms in total. The molecule has 2 aromatic rings. The summed E-state index contributed by atoms with van der Waals surface area (Å²) in [5.74, 6) is 1.73. The fourth-order valence-corrected chi connectivity index (χ4v) is 2.46. The highest BCUT2D eigenvalue weighted by molar-refractivity contribution is 5.75. The van der Waals surface area contributed by atoms with Gasteiger partial charge in [-0.3, -0.25) is 4.79 Å². The molecular formula is C21H27NO3. The molecule has 0 saturated heterocycles. The van der Waals surface area contributed by atoms with Crippen molar-refractivity contribution < 1.29 is 14.3 Å². The van der Waals surface area contributed by atoms with Crippen LogP contribution in [0.15, 0.2) is 42.5 Å². The third kappa shape index (κ3) is 6.87. The minimum absolute atomic E-state index is 0.0248. The molecule has 1 amide bonds. The Morgan fingerprint density at radius 1 is 0.920 bits per heavy atom. The molecule has 134 valence electrons. The first-order valence-corrected chi connectivity index (χ1v) is 8.71. The molecule has 0 radical (unpaired) electrons. The van der Waals surface area contributed by atoms with Crippen LogP contribution in [-0.4, -0.2) is 25.7 Å². The number of nitrogens with one attached hydrogen (secondary N) is 1. The monoisotopic (exact) mass is 341 g/mol. The largest absolute Gasteiger partial charge is 0.494 e. The molecule has 0 aromatic heterocycles. The topological polar surface area (TPSA) is 47.6 Å². The van der Waals surface area contributed by atoms with Gasteiger partial charge in [0.2, 0.25) is 5.91 Å². The van der Waals surface area contributed by atoms with Crippen molar-refractivity contribution >= 4 is 5.91 Å². The van der Waals surface area contributed by atoms with Crippen LogP contribution in [0.5, 0.6) is 11.5 Å². The van der Waals surface area contributed by atoms with E-state index in [1.165, 1.54) is 11.1 Å². The van der Waals surface area contributed by atoms with E-state index in [0.717, 1.165) is 17.1 Å². The lowest BCUT2D eigenvalue weighted by atomic mass is 10.1. The van der Waals surface area contributed by atoms with Crippen LogP contribution in [0.4, 0.5) is 0 Å². The third-order valence-electron chi connectivity index (χ3n) is 3.85. The van der Waals surface area contributed by atoms with Gasteiger partial charge in [0.25, 0.3) is 0 Å². The molecule has 2 aromatic carbocycles. The predicted octanol–water partition coefficient (Wildman–Crippen LogP) is 3.97. The number of carbonyl (C=O) groups excluding carboxylic acids is 1. The molecule has 0 aliphatic carbocycles. The molecule has 2 rings (SSSR count). The van der Waals surface area contributed by atoms with Crippen LogP contribution < -0.4 is 14.8 Å². The molecule has 0 saturated carbocycles. The van der Waals surface area contributed by atoms with Crippen LogP contribution >= 0.6 is 0 Å². The maximum Gasteiger partial charge on any atom is 0.220 e. The van der Waals surface area contributed by atoms with Crippen LogP contribution in [0, 0.1) is 20.8 Å². The number of rotatable bonds is 9. The molecule has 0 heterocycles. The molecule has 0 aliphatic heterocycles. The van der Waals surface area contributed by atoms with E-state index in [-0.39, 0.29) is 5.91 Å². The van der Waals surface area contributed by atoms with Crippen LogP contribution in [-0.2, 0) is 4.79 Å². The molecule has 1 N–H and O–H groups in total. The number of hydrogen-bond donors (Lipinski definition) is 1. The first-order valence-electron chi connectivity index (χ1n) is 8.71. The first kappa shape index (κ1) is 18.8. The van der Waals surface area contributed by atoms with E-state index in [1.54, 1.807) is 0 Å². The van der Waals surface area contributed by atoms with E-state index < -0.39 is 0 Å². The highest BCUT2D eigenvalue weighted by Crippen LogP contribution is 2.18. The predicted molar refractivity (Wildman–Crippen MR) is 100 cm³/mol. The molecule has 0 aliphatic rings. The fraction of sp³-hybridized carbons (Fsp3) is 0.381. The number of ether oxygens (including phenoxy) is 2. The quantitative estimate of drug-likeness (QED) is 0.702. The lowest BCUT2D eigenvalue weighted by Crippen LogP contribution is -2.28. The molecule has 0 atom stereocenters. The molecule has 0 bridgehead atoms. The van der Waals surface area contributed by atoms with Gasteiger partial charge in [0.05, 0.1) is 13.2 Å². The second-order valence-corrected chi connectivity index (χ2v) is 6.23. The van der Waals surface area contributed by atoms with E-state index in [2.05, 4.69) is 18.3 Å². The van der Waals surface area contributed by atoms with E-state index in [9.17, 15) is 4.79 Å². The SMILES string of the molecule is Cc1ccc(OCCCC(=O)NCCOc2ccc(C)cc2C)cc1. The molecular weight excluding hydrogens is 314 g/mol. The van der Waals surface area contributed by atoms with Crippen molar-refractivity contribution in [3.05, 3.63) is 59.2 Å². The number of carbonyl (C=O) groups is 1. The second-order valence-electron chi connectivity index (χ2n) is 6.23. The summed E-state index contributed by atoms with van der Waals surface area (Å²) >= 11 is 0. The Kier molecular flexibility index (Phi) is 7.33. The van der Waals surface area contributed by atoms with E-state index in [0.29, 0.717) is 32.6 Å². The van der Waals surface area contributed by atoms with Crippen molar-refractivity contribution in [1.29, 1.82) is 0 Å². The Morgan fingerprint density at radius 2 is 1.64 bits per heavy atom. The number of amides is 1. The van der Waals surface area contributed by atoms with Gasteiger partial charge in [-0.2, -0.15) is 0 Å². The fourth-order valence-electron chi connectivity index (χ4n) is 2.46. The number of aryl methyl sites for hydroxylation is 3. The van der Waals surface area contributed by atoms with E-state index in [4.69, 9.17) is 9.47 Å². The Hall–Kier alpha value is -2.49. The molecule has 0 spiro atoms. The van der Waals surface area contributed by atoms with Gasteiger partial charge in [-0.1, -0.05) is 35.4 Å². The Morgan fingerprint density at radius 3 is 2.36 bits per heavy atom. The average molecular weight is 341 g/mol. The highest BCUT2D eigenvalue weighted by atomic mass is 16.5. The smallest absolute Gasteiger partial charge is 0.220 e. The maximum atomic E-state index is 11.8. The average Bonchev–Trinajstić information content (AvgIpc) is 2.59. The molecule has 25 heavy (non-hydrogen) atoms. The maximum absolute atomic E-state index is 11.8. The molecule has 4 heteroatoms. The zero-order chi connectivity index (χ0) is 18.1. The van der Waals surface area contributed by atoms with Crippen molar-refractivity contribution in [2.45, 2.75) is 33.6 Å². The highest BCUT2D eigenvalue weighted by Gasteiger charge is 2.03. The lowest BCUT2D eigenvalue weighted by molar-refractivity contribution is -0.121. The summed E-state index contributed by atoms with van der Waals surface area (Å²) in [6, 6.07) is 14.0. The standard InChI is InChI=1S/C21H27NO3/c1-16-6-9-19(10-7-16)24-13-4-5-21(23)22-12-14-25-20-11-8-17(2)15-18(20)3/h6-11,15H,4-5,12-14H2,1-3H3,(H,22,23). The van der Waals surface area contributed by atoms with Gasteiger partial charge in [0, 0.05) is 6.42 Å². The third-order valence-corrected chi connectivity index (χ3v) is 3.85. The number of hydrogen-bond acceptors (Lipinski definition) is 3. The van der Waals surface area contributed by atoms with Gasteiger partial charge in [0.15, 0.2) is 0 Å². The van der Waals surface area contributed by atoms with Gasteiger partial charge in [0.1, 0.15) is 18.1 Å². The van der Waals surface area contributed by atoms with Crippen molar-refractivity contribution in [3.63, 3.8) is 0 Å². The van der Waals surface area contributed by atoms with Crippen LogP contribution in [0.3, 0.4) is 0 Å². The Bertz CT molecular complexity index is 680. The first-order chi connectivity index (χ1) is 12.0. The zero-order valence-corrected chi connectivity index (χ0v) is 15.3. The zero-order valence-electron chi connectivity index (χ0n) is 15.3. The van der Waals surface area contributed by atoms with Crippen LogP contribution in [0.1, 0.15) is 29.5 Å². The van der Waals surface area contributed by atoms with Gasteiger partial charge in [-0.15, -0.1) is 0 Å². The van der Waals surface area contributed by atoms with E-state index in [1.807, 2.05) is 50.2 Å². The van der Waals surface area contributed by atoms with Crippen molar-refractivity contribution in [1.82, 2.24) is 5.32 Å². The minimum atomic E-state index is 0.0248. The van der Waals surface area contributed by atoms with Crippen molar-refractivity contribution in [3.8, 4) is 11.5 Å². The summed E-state index contributed by atoms with van der Waals surface area (Å²) < 4.78 is 11.3. The van der Waals surface area contributed by atoms with Gasteiger partial charge >= 0.3 is 0 Å². The normalized spacial score (nSPS) is 10.4. The minimum Gasteiger partial charge on any atom is -0.494 e. The summed E-state index contributed by atoms with van der Waals surface area (Å²) in [6.45, 7) is 7.63. The van der Waals surface area contributed by atoms with Crippen LogP contribution in [0.25, 0.3) is 0 Å². The Balaban J connectivity index is 1.55.